The summed E-state index contributed by atoms with van der Waals surface area (Å²) in [6.45, 7) is 0. The lowest BCUT2D eigenvalue weighted by molar-refractivity contribution is 0.409. The lowest BCUT2D eigenvalue weighted by Crippen LogP contribution is -1.92. The Balaban J connectivity index is 2.83. The first-order chi connectivity index (χ1) is 6.24. The fourth-order valence-corrected chi connectivity index (χ4v) is 2.50. The topological polar surface area (TPSA) is 26.5 Å². The molecule has 0 unspecified atom stereocenters. The number of ether oxygens (including phenoxy) is 1. The van der Waals surface area contributed by atoms with Crippen LogP contribution >= 0.6 is 31.9 Å². The molecule has 0 amide bonds. The van der Waals surface area contributed by atoms with Gasteiger partial charge in [0.25, 0.3) is 0 Å². The molecule has 0 radical (unpaired) electrons. The molecule has 13 heavy (non-hydrogen) atoms. The standard InChI is InChI=1S/C8H6Br2N2O/c1-13-5-2-3-7-11-4-6(9)12(7)8(5)10/h2-4H,1H3. The van der Waals surface area contributed by atoms with E-state index in [2.05, 4.69) is 36.8 Å². The van der Waals surface area contributed by atoms with E-state index in [4.69, 9.17) is 4.74 Å². The first-order valence-electron chi connectivity index (χ1n) is 3.59. The molecular weight excluding hydrogens is 300 g/mol. The number of nitrogens with zero attached hydrogens (tertiary/aromatic N) is 2. The molecule has 0 saturated heterocycles. The molecule has 5 heteroatoms. The van der Waals surface area contributed by atoms with Crippen molar-refractivity contribution in [3.63, 3.8) is 0 Å². The van der Waals surface area contributed by atoms with Gasteiger partial charge in [-0.1, -0.05) is 0 Å². The van der Waals surface area contributed by atoms with Gasteiger partial charge in [-0.05, 0) is 44.0 Å². The third kappa shape index (κ3) is 1.36. The van der Waals surface area contributed by atoms with Crippen LogP contribution in [0.15, 0.2) is 27.5 Å². The summed E-state index contributed by atoms with van der Waals surface area (Å²) >= 11 is 6.84. The number of halogens is 2. The number of hydrogen-bond donors (Lipinski definition) is 0. The molecule has 0 saturated carbocycles. The maximum Gasteiger partial charge on any atom is 0.150 e. The van der Waals surface area contributed by atoms with Crippen LogP contribution in [-0.4, -0.2) is 16.5 Å². The summed E-state index contributed by atoms with van der Waals surface area (Å²) in [4.78, 5) is 4.19. The minimum Gasteiger partial charge on any atom is -0.494 e. The Hall–Kier alpha value is -0.550. The number of pyridine rings is 1. The summed E-state index contributed by atoms with van der Waals surface area (Å²) < 4.78 is 8.83. The summed E-state index contributed by atoms with van der Waals surface area (Å²) in [6, 6.07) is 3.77. The summed E-state index contributed by atoms with van der Waals surface area (Å²) in [5, 5.41) is 0. The predicted molar refractivity (Wildman–Crippen MR) is 57.1 cm³/mol. The summed E-state index contributed by atoms with van der Waals surface area (Å²) in [6.07, 6.45) is 1.75. The van der Waals surface area contributed by atoms with Crippen LogP contribution in [0.2, 0.25) is 0 Å². The largest absolute Gasteiger partial charge is 0.494 e. The van der Waals surface area contributed by atoms with E-state index in [0.29, 0.717) is 0 Å². The van der Waals surface area contributed by atoms with Crippen LogP contribution in [0.3, 0.4) is 0 Å². The number of hydrogen-bond acceptors (Lipinski definition) is 2. The van der Waals surface area contributed by atoms with Gasteiger partial charge in [-0.25, -0.2) is 4.98 Å². The molecule has 68 valence electrons. The zero-order chi connectivity index (χ0) is 9.42. The number of aromatic nitrogens is 2. The molecule has 0 fully saturated rings. The van der Waals surface area contributed by atoms with Crippen LogP contribution < -0.4 is 4.74 Å². The smallest absolute Gasteiger partial charge is 0.150 e. The van der Waals surface area contributed by atoms with Crippen molar-refractivity contribution in [1.29, 1.82) is 0 Å². The molecule has 2 aromatic rings. The highest BCUT2D eigenvalue weighted by Gasteiger charge is 2.08. The first kappa shape index (κ1) is 9.02. The molecule has 0 aliphatic carbocycles. The molecular formula is C8H6Br2N2O. The lowest BCUT2D eigenvalue weighted by atomic mass is 10.4. The van der Waals surface area contributed by atoms with E-state index in [1.54, 1.807) is 13.3 Å². The SMILES string of the molecule is COc1ccc2ncc(Br)n2c1Br. The lowest BCUT2D eigenvalue weighted by Gasteiger charge is -2.05. The molecule has 0 aliphatic heterocycles. The summed E-state index contributed by atoms with van der Waals surface area (Å²) in [5.74, 6) is 0.784. The van der Waals surface area contributed by atoms with E-state index >= 15 is 0 Å². The number of imidazole rings is 1. The van der Waals surface area contributed by atoms with Crippen LogP contribution in [0.5, 0.6) is 5.75 Å². The van der Waals surface area contributed by atoms with E-state index < -0.39 is 0 Å². The molecule has 3 nitrogen and oxygen atoms in total. The van der Waals surface area contributed by atoms with Crippen molar-refractivity contribution >= 4 is 37.5 Å². The zero-order valence-corrected chi connectivity index (χ0v) is 9.96. The van der Waals surface area contributed by atoms with Crippen molar-refractivity contribution in [2.75, 3.05) is 7.11 Å². The average molecular weight is 306 g/mol. The Morgan fingerprint density at radius 3 is 2.85 bits per heavy atom. The van der Waals surface area contributed by atoms with E-state index in [1.807, 2.05) is 16.5 Å². The van der Waals surface area contributed by atoms with E-state index in [-0.39, 0.29) is 0 Å². The summed E-state index contributed by atoms with van der Waals surface area (Å²) in [5.41, 5.74) is 0.875. The van der Waals surface area contributed by atoms with Crippen molar-refractivity contribution in [2.24, 2.45) is 0 Å². The average Bonchev–Trinajstić information content (AvgIpc) is 2.49. The van der Waals surface area contributed by atoms with Crippen molar-refractivity contribution < 1.29 is 4.74 Å². The molecule has 2 heterocycles. The van der Waals surface area contributed by atoms with Gasteiger partial charge in [0, 0.05) is 0 Å². The second-order valence-electron chi connectivity index (χ2n) is 2.47. The molecule has 0 atom stereocenters. The highest BCUT2D eigenvalue weighted by molar-refractivity contribution is 9.11. The van der Waals surface area contributed by atoms with Crippen molar-refractivity contribution in [2.45, 2.75) is 0 Å². The molecule has 2 aromatic heterocycles. The van der Waals surface area contributed by atoms with Crippen LogP contribution in [0.25, 0.3) is 5.65 Å². The van der Waals surface area contributed by atoms with Crippen molar-refractivity contribution in [3.8, 4) is 5.75 Å². The van der Waals surface area contributed by atoms with Gasteiger partial charge in [0.1, 0.15) is 20.6 Å². The minimum atomic E-state index is 0.784. The van der Waals surface area contributed by atoms with E-state index in [0.717, 1.165) is 20.6 Å². The molecule has 0 N–H and O–H groups in total. The Kier molecular flexibility index (Phi) is 2.29. The molecule has 2 rings (SSSR count). The van der Waals surface area contributed by atoms with E-state index in [9.17, 15) is 0 Å². The van der Waals surface area contributed by atoms with Gasteiger partial charge < -0.3 is 4.74 Å². The zero-order valence-electron chi connectivity index (χ0n) is 6.79. The normalized spacial score (nSPS) is 10.7. The number of methoxy groups -OCH3 is 1. The van der Waals surface area contributed by atoms with Gasteiger partial charge in [-0.2, -0.15) is 0 Å². The Bertz CT molecular complexity index is 453. The van der Waals surface area contributed by atoms with E-state index in [1.165, 1.54) is 0 Å². The second-order valence-corrected chi connectivity index (χ2v) is 4.03. The van der Waals surface area contributed by atoms with Crippen LogP contribution in [0.4, 0.5) is 0 Å². The van der Waals surface area contributed by atoms with Crippen LogP contribution in [0.1, 0.15) is 0 Å². The highest BCUT2D eigenvalue weighted by Crippen LogP contribution is 2.28. The molecule has 0 aromatic carbocycles. The first-order valence-corrected chi connectivity index (χ1v) is 5.18. The number of rotatable bonds is 1. The Labute approximate surface area is 92.0 Å². The Morgan fingerprint density at radius 2 is 2.15 bits per heavy atom. The highest BCUT2D eigenvalue weighted by atomic mass is 79.9. The minimum absolute atomic E-state index is 0.784. The van der Waals surface area contributed by atoms with Gasteiger partial charge in [-0.15, -0.1) is 0 Å². The summed E-state index contributed by atoms with van der Waals surface area (Å²) in [7, 11) is 1.64. The van der Waals surface area contributed by atoms with Crippen LogP contribution in [0, 0.1) is 0 Å². The van der Waals surface area contributed by atoms with Gasteiger partial charge >= 0.3 is 0 Å². The third-order valence-electron chi connectivity index (χ3n) is 1.75. The fourth-order valence-electron chi connectivity index (χ4n) is 1.14. The van der Waals surface area contributed by atoms with Gasteiger partial charge in [-0.3, -0.25) is 4.40 Å². The molecule has 0 bridgehead atoms. The van der Waals surface area contributed by atoms with Crippen molar-refractivity contribution in [1.82, 2.24) is 9.38 Å². The van der Waals surface area contributed by atoms with Gasteiger partial charge in [0.2, 0.25) is 0 Å². The van der Waals surface area contributed by atoms with Crippen molar-refractivity contribution in [3.05, 3.63) is 27.5 Å². The molecule has 0 spiro atoms. The fraction of sp³-hybridized carbons (Fsp3) is 0.125. The maximum atomic E-state index is 5.16. The second kappa shape index (κ2) is 3.31. The third-order valence-corrected chi connectivity index (χ3v) is 3.05. The van der Waals surface area contributed by atoms with Crippen LogP contribution in [-0.2, 0) is 0 Å². The monoisotopic (exact) mass is 304 g/mol. The van der Waals surface area contributed by atoms with Gasteiger partial charge in [0.05, 0.1) is 13.3 Å². The maximum absolute atomic E-state index is 5.16. The Morgan fingerprint density at radius 1 is 1.38 bits per heavy atom. The quantitative estimate of drug-likeness (QED) is 0.757. The van der Waals surface area contributed by atoms with Gasteiger partial charge in [0.15, 0.2) is 0 Å². The molecule has 0 aliphatic rings. The number of fused-ring (bicyclic) bond motifs is 1. The predicted octanol–water partition coefficient (Wildman–Crippen LogP) is 2.87.